The van der Waals surface area contributed by atoms with Gasteiger partial charge in [-0.3, -0.25) is 4.98 Å². The summed E-state index contributed by atoms with van der Waals surface area (Å²) >= 11 is 0. The predicted octanol–water partition coefficient (Wildman–Crippen LogP) is 3.48. The van der Waals surface area contributed by atoms with Gasteiger partial charge in [-0.1, -0.05) is 25.1 Å². The molecule has 0 unspecified atom stereocenters. The van der Waals surface area contributed by atoms with Crippen LogP contribution in [0.3, 0.4) is 0 Å². The first-order valence-electron chi connectivity index (χ1n) is 7.14. The lowest BCUT2D eigenvalue weighted by Crippen LogP contribution is -2.06. The van der Waals surface area contributed by atoms with E-state index in [0.717, 1.165) is 41.1 Å². The molecule has 0 spiro atoms. The Labute approximate surface area is 123 Å². The minimum Gasteiger partial charge on any atom is -0.394 e. The largest absolute Gasteiger partial charge is 0.394 e. The molecule has 21 heavy (non-hydrogen) atoms. The molecule has 0 saturated heterocycles. The molecule has 0 aliphatic heterocycles. The van der Waals surface area contributed by atoms with Gasteiger partial charge in [-0.05, 0) is 25.5 Å². The predicted molar refractivity (Wildman–Crippen MR) is 86.7 cm³/mol. The standard InChI is InChI=1S/C16H19N5/c1-3-10-21-16(14(17)11(2)20-21)19-13-8-4-6-12-7-5-9-18-15(12)13/h4-9,19H,3,10,17H2,1-2H3. The average Bonchev–Trinajstić information content (AvgIpc) is 2.76. The third-order valence-corrected chi connectivity index (χ3v) is 3.49. The van der Waals surface area contributed by atoms with Crippen LogP contribution < -0.4 is 11.1 Å². The maximum atomic E-state index is 6.16. The van der Waals surface area contributed by atoms with Crippen molar-refractivity contribution >= 4 is 28.1 Å². The highest BCUT2D eigenvalue weighted by Gasteiger charge is 2.13. The van der Waals surface area contributed by atoms with E-state index < -0.39 is 0 Å². The van der Waals surface area contributed by atoms with Crippen molar-refractivity contribution in [2.24, 2.45) is 0 Å². The van der Waals surface area contributed by atoms with E-state index in [2.05, 4.69) is 22.3 Å². The zero-order valence-electron chi connectivity index (χ0n) is 12.3. The van der Waals surface area contributed by atoms with Crippen LogP contribution in [0.25, 0.3) is 10.9 Å². The first-order chi connectivity index (χ1) is 10.2. The first-order valence-corrected chi connectivity index (χ1v) is 7.14. The number of anilines is 3. The molecule has 3 aromatic rings. The quantitative estimate of drug-likeness (QED) is 0.768. The zero-order valence-corrected chi connectivity index (χ0v) is 12.3. The second-order valence-electron chi connectivity index (χ2n) is 5.08. The van der Waals surface area contributed by atoms with Crippen molar-refractivity contribution in [1.82, 2.24) is 14.8 Å². The Morgan fingerprint density at radius 1 is 1.24 bits per heavy atom. The fourth-order valence-electron chi connectivity index (χ4n) is 2.43. The summed E-state index contributed by atoms with van der Waals surface area (Å²) in [5.74, 6) is 0.840. The minimum atomic E-state index is 0.691. The fraction of sp³-hybridized carbons (Fsp3) is 0.250. The first kappa shape index (κ1) is 13.4. The Bertz CT molecular complexity index is 770. The zero-order chi connectivity index (χ0) is 14.8. The molecule has 0 bridgehead atoms. The summed E-state index contributed by atoms with van der Waals surface area (Å²) in [4.78, 5) is 4.46. The molecule has 0 atom stereocenters. The Kier molecular flexibility index (Phi) is 3.48. The molecule has 0 aliphatic carbocycles. The molecule has 0 fully saturated rings. The number of hydrogen-bond donors (Lipinski definition) is 2. The Morgan fingerprint density at radius 3 is 2.86 bits per heavy atom. The van der Waals surface area contributed by atoms with Crippen LogP contribution in [0.5, 0.6) is 0 Å². The van der Waals surface area contributed by atoms with Crippen molar-refractivity contribution in [3.05, 3.63) is 42.2 Å². The second-order valence-corrected chi connectivity index (χ2v) is 5.08. The number of nitrogens with one attached hydrogen (secondary N) is 1. The van der Waals surface area contributed by atoms with Gasteiger partial charge in [0.2, 0.25) is 0 Å². The number of benzene rings is 1. The van der Waals surface area contributed by atoms with Gasteiger partial charge >= 0.3 is 0 Å². The third kappa shape index (κ3) is 2.42. The molecule has 3 rings (SSSR count). The monoisotopic (exact) mass is 281 g/mol. The highest BCUT2D eigenvalue weighted by atomic mass is 15.3. The summed E-state index contributed by atoms with van der Waals surface area (Å²) in [6, 6.07) is 10.0. The van der Waals surface area contributed by atoms with Crippen LogP contribution in [0, 0.1) is 6.92 Å². The number of para-hydroxylation sites is 1. The number of nitrogens with zero attached hydrogens (tertiary/aromatic N) is 3. The number of aryl methyl sites for hydroxylation is 2. The van der Waals surface area contributed by atoms with Crippen LogP contribution in [-0.2, 0) is 6.54 Å². The molecule has 0 radical (unpaired) electrons. The van der Waals surface area contributed by atoms with Gasteiger partial charge in [-0.2, -0.15) is 5.10 Å². The van der Waals surface area contributed by atoms with Gasteiger partial charge in [-0.25, -0.2) is 4.68 Å². The van der Waals surface area contributed by atoms with Crippen LogP contribution in [-0.4, -0.2) is 14.8 Å². The fourth-order valence-corrected chi connectivity index (χ4v) is 2.43. The maximum absolute atomic E-state index is 6.16. The number of pyridine rings is 1. The normalized spacial score (nSPS) is 11.0. The summed E-state index contributed by atoms with van der Waals surface area (Å²) in [6.45, 7) is 4.88. The Hall–Kier alpha value is -2.56. The molecule has 1 aromatic carbocycles. The molecule has 5 nitrogen and oxygen atoms in total. The van der Waals surface area contributed by atoms with E-state index in [1.165, 1.54) is 0 Å². The number of nitrogens with two attached hydrogens (primary N) is 1. The number of fused-ring (bicyclic) bond motifs is 1. The lowest BCUT2D eigenvalue weighted by Gasteiger charge is -2.11. The SMILES string of the molecule is CCCn1nc(C)c(N)c1Nc1cccc2cccnc12. The van der Waals surface area contributed by atoms with E-state index in [9.17, 15) is 0 Å². The molecule has 0 aliphatic rings. The van der Waals surface area contributed by atoms with Crippen LogP contribution in [0.15, 0.2) is 36.5 Å². The molecular formula is C16H19N5. The van der Waals surface area contributed by atoms with Crippen LogP contribution >= 0.6 is 0 Å². The molecule has 0 amide bonds. The van der Waals surface area contributed by atoms with Crippen LogP contribution in [0.1, 0.15) is 19.0 Å². The van der Waals surface area contributed by atoms with Crippen molar-refractivity contribution in [1.29, 1.82) is 0 Å². The van der Waals surface area contributed by atoms with E-state index in [0.29, 0.717) is 5.69 Å². The number of aromatic nitrogens is 3. The van der Waals surface area contributed by atoms with E-state index in [1.54, 1.807) is 6.20 Å². The highest BCUT2D eigenvalue weighted by molar-refractivity contribution is 5.92. The lowest BCUT2D eigenvalue weighted by molar-refractivity contribution is 0.605. The third-order valence-electron chi connectivity index (χ3n) is 3.49. The van der Waals surface area contributed by atoms with Crippen LogP contribution in [0.2, 0.25) is 0 Å². The lowest BCUT2D eigenvalue weighted by atomic mass is 10.2. The second kappa shape index (κ2) is 5.44. The van der Waals surface area contributed by atoms with Crippen molar-refractivity contribution in [2.75, 3.05) is 11.1 Å². The van der Waals surface area contributed by atoms with Gasteiger partial charge in [0.05, 0.1) is 22.6 Å². The molecule has 5 heteroatoms. The number of nitrogen functional groups attached to an aromatic ring is 1. The summed E-state index contributed by atoms with van der Waals surface area (Å²) in [6.07, 6.45) is 2.80. The highest BCUT2D eigenvalue weighted by Crippen LogP contribution is 2.29. The topological polar surface area (TPSA) is 68.8 Å². The minimum absolute atomic E-state index is 0.691. The van der Waals surface area contributed by atoms with Gasteiger partial charge in [-0.15, -0.1) is 0 Å². The number of hydrogen-bond acceptors (Lipinski definition) is 4. The van der Waals surface area contributed by atoms with E-state index in [4.69, 9.17) is 5.73 Å². The van der Waals surface area contributed by atoms with Gasteiger partial charge in [0.25, 0.3) is 0 Å². The molecule has 108 valence electrons. The van der Waals surface area contributed by atoms with Gasteiger partial charge in [0.15, 0.2) is 5.82 Å². The summed E-state index contributed by atoms with van der Waals surface area (Å²) in [5.41, 5.74) is 9.57. The smallest absolute Gasteiger partial charge is 0.152 e. The molecule has 0 saturated carbocycles. The summed E-state index contributed by atoms with van der Waals surface area (Å²) < 4.78 is 1.92. The summed E-state index contributed by atoms with van der Waals surface area (Å²) in [7, 11) is 0. The van der Waals surface area contributed by atoms with Gasteiger partial charge < -0.3 is 11.1 Å². The van der Waals surface area contributed by atoms with Crippen molar-refractivity contribution in [3.8, 4) is 0 Å². The summed E-state index contributed by atoms with van der Waals surface area (Å²) in [5, 5.41) is 8.98. The van der Waals surface area contributed by atoms with E-state index in [1.807, 2.05) is 41.9 Å². The van der Waals surface area contributed by atoms with E-state index in [-0.39, 0.29) is 0 Å². The van der Waals surface area contributed by atoms with Crippen molar-refractivity contribution in [3.63, 3.8) is 0 Å². The average molecular weight is 281 g/mol. The molecule has 3 N–H and O–H groups in total. The van der Waals surface area contributed by atoms with E-state index >= 15 is 0 Å². The Balaban J connectivity index is 2.06. The van der Waals surface area contributed by atoms with Crippen molar-refractivity contribution in [2.45, 2.75) is 26.8 Å². The van der Waals surface area contributed by atoms with Gasteiger partial charge in [0.1, 0.15) is 0 Å². The molecule has 2 aromatic heterocycles. The van der Waals surface area contributed by atoms with Crippen LogP contribution in [0.4, 0.5) is 17.2 Å². The van der Waals surface area contributed by atoms with Crippen molar-refractivity contribution < 1.29 is 0 Å². The molecular weight excluding hydrogens is 262 g/mol. The molecule has 2 heterocycles. The maximum Gasteiger partial charge on any atom is 0.152 e. The Morgan fingerprint density at radius 2 is 2.05 bits per heavy atom. The number of rotatable bonds is 4. The van der Waals surface area contributed by atoms with Gasteiger partial charge in [0, 0.05) is 18.1 Å².